The number of aliphatic hydroxyl groups excluding tert-OH is 1. The summed E-state index contributed by atoms with van der Waals surface area (Å²) in [5, 5.41) is 10.9. The zero-order valence-corrected chi connectivity index (χ0v) is 7.90. The Bertz CT molecular complexity index is 232. The molecule has 14 heavy (non-hydrogen) atoms. The van der Waals surface area contributed by atoms with Crippen molar-refractivity contribution >= 4 is 11.9 Å². The molecule has 1 unspecified atom stereocenters. The predicted molar refractivity (Wildman–Crippen MR) is 49.4 cm³/mol. The smallest absolute Gasteiger partial charge is 0.318 e. The van der Waals surface area contributed by atoms with Crippen LogP contribution in [0.1, 0.15) is 6.42 Å². The van der Waals surface area contributed by atoms with E-state index >= 15 is 0 Å². The normalized spacial score (nSPS) is 22.2. The summed E-state index contributed by atoms with van der Waals surface area (Å²) in [6.45, 7) is 1.79. The molecule has 1 rings (SSSR count). The van der Waals surface area contributed by atoms with Gasteiger partial charge < -0.3 is 10.8 Å². The number of hydrogen-bond acceptors (Lipinski definition) is 4. The van der Waals surface area contributed by atoms with Crippen molar-refractivity contribution in [2.75, 3.05) is 26.2 Å². The van der Waals surface area contributed by atoms with Crippen molar-refractivity contribution in [3.05, 3.63) is 0 Å². The Morgan fingerprint density at radius 1 is 1.57 bits per heavy atom. The largest absolute Gasteiger partial charge is 0.396 e. The van der Waals surface area contributed by atoms with Crippen LogP contribution in [0, 0.1) is 5.92 Å². The molecule has 1 heterocycles. The Kier molecular flexibility index (Phi) is 3.84. The third kappa shape index (κ3) is 3.31. The predicted octanol–water partition coefficient (Wildman–Crippen LogP) is -1.50. The third-order valence-electron chi connectivity index (χ3n) is 2.26. The number of imide groups is 1. The van der Waals surface area contributed by atoms with Crippen molar-refractivity contribution in [1.29, 1.82) is 0 Å². The van der Waals surface area contributed by atoms with Gasteiger partial charge in [-0.25, -0.2) is 4.79 Å². The number of carbonyl (C=O) groups excluding carboxylic acids is 2. The number of likely N-dealkylation sites (tertiary alicyclic amines) is 1. The van der Waals surface area contributed by atoms with Crippen molar-refractivity contribution in [2.45, 2.75) is 6.42 Å². The highest BCUT2D eigenvalue weighted by Gasteiger charge is 2.23. The second kappa shape index (κ2) is 4.92. The Morgan fingerprint density at radius 3 is 2.79 bits per heavy atom. The molecule has 0 aromatic carbocycles. The number of primary amides is 1. The van der Waals surface area contributed by atoms with Crippen LogP contribution in [0.4, 0.5) is 4.79 Å². The number of nitrogens with two attached hydrogens (primary N) is 1. The van der Waals surface area contributed by atoms with E-state index in [4.69, 9.17) is 10.8 Å². The lowest BCUT2D eigenvalue weighted by molar-refractivity contribution is -0.120. The summed E-state index contributed by atoms with van der Waals surface area (Å²) in [5.41, 5.74) is 4.79. The van der Waals surface area contributed by atoms with Crippen LogP contribution in [-0.2, 0) is 4.79 Å². The fourth-order valence-electron chi connectivity index (χ4n) is 1.59. The molecule has 1 aliphatic rings. The summed E-state index contributed by atoms with van der Waals surface area (Å²) in [5.74, 6) is -0.146. The van der Waals surface area contributed by atoms with Gasteiger partial charge in [0, 0.05) is 13.2 Å². The zero-order chi connectivity index (χ0) is 10.6. The Labute approximate surface area is 82.1 Å². The van der Waals surface area contributed by atoms with Crippen LogP contribution in [-0.4, -0.2) is 48.2 Å². The second-order valence-electron chi connectivity index (χ2n) is 3.48. The van der Waals surface area contributed by atoms with Gasteiger partial charge in [-0.2, -0.15) is 0 Å². The molecule has 0 aromatic rings. The minimum absolute atomic E-state index is 0.147. The maximum atomic E-state index is 11.1. The SMILES string of the molecule is NC(=O)NC(=O)CN1CCC(CO)C1. The fraction of sp³-hybridized carbons (Fsp3) is 0.750. The molecule has 0 saturated carbocycles. The van der Waals surface area contributed by atoms with Crippen LogP contribution in [0.15, 0.2) is 0 Å². The monoisotopic (exact) mass is 201 g/mol. The molecule has 6 heteroatoms. The summed E-state index contributed by atoms with van der Waals surface area (Å²) < 4.78 is 0. The average molecular weight is 201 g/mol. The van der Waals surface area contributed by atoms with E-state index in [9.17, 15) is 9.59 Å². The zero-order valence-electron chi connectivity index (χ0n) is 7.90. The molecule has 4 N–H and O–H groups in total. The number of nitrogens with zero attached hydrogens (tertiary/aromatic N) is 1. The van der Waals surface area contributed by atoms with Crippen molar-refractivity contribution in [2.24, 2.45) is 11.7 Å². The minimum atomic E-state index is -0.826. The molecular formula is C8H15N3O3. The highest BCUT2D eigenvalue weighted by atomic mass is 16.3. The maximum Gasteiger partial charge on any atom is 0.318 e. The first-order valence-corrected chi connectivity index (χ1v) is 4.54. The standard InChI is InChI=1S/C8H15N3O3/c9-8(14)10-7(13)4-11-2-1-6(3-11)5-12/h6,12H,1-5H2,(H3,9,10,13,14). The van der Waals surface area contributed by atoms with Crippen LogP contribution in [0.5, 0.6) is 0 Å². The Morgan fingerprint density at radius 2 is 2.29 bits per heavy atom. The van der Waals surface area contributed by atoms with Crippen molar-refractivity contribution in [3.63, 3.8) is 0 Å². The van der Waals surface area contributed by atoms with E-state index in [0.717, 1.165) is 13.0 Å². The molecule has 0 radical (unpaired) electrons. The molecule has 0 spiro atoms. The van der Waals surface area contributed by atoms with Gasteiger partial charge in [0.05, 0.1) is 6.54 Å². The van der Waals surface area contributed by atoms with Crippen LogP contribution >= 0.6 is 0 Å². The fourth-order valence-corrected chi connectivity index (χ4v) is 1.59. The molecule has 0 bridgehead atoms. The van der Waals surface area contributed by atoms with E-state index in [2.05, 4.69) is 0 Å². The molecule has 1 atom stereocenters. The van der Waals surface area contributed by atoms with E-state index in [0.29, 0.717) is 6.54 Å². The first-order valence-electron chi connectivity index (χ1n) is 4.54. The van der Waals surface area contributed by atoms with Gasteiger partial charge in [-0.1, -0.05) is 0 Å². The molecule has 1 fully saturated rings. The van der Waals surface area contributed by atoms with E-state index in [1.807, 2.05) is 10.2 Å². The van der Waals surface area contributed by atoms with Crippen molar-refractivity contribution < 1.29 is 14.7 Å². The molecule has 0 aliphatic carbocycles. The summed E-state index contributed by atoms with van der Waals surface area (Å²) in [6, 6.07) is -0.826. The summed E-state index contributed by atoms with van der Waals surface area (Å²) >= 11 is 0. The Hall–Kier alpha value is -1.14. The van der Waals surface area contributed by atoms with Gasteiger partial charge >= 0.3 is 6.03 Å². The minimum Gasteiger partial charge on any atom is -0.396 e. The van der Waals surface area contributed by atoms with Crippen LogP contribution in [0.25, 0.3) is 0 Å². The third-order valence-corrected chi connectivity index (χ3v) is 2.26. The van der Waals surface area contributed by atoms with Crippen LogP contribution in [0.3, 0.4) is 0 Å². The topological polar surface area (TPSA) is 95.7 Å². The van der Waals surface area contributed by atoms with E-state index in [1.165, 1.54) is 0 Å². The first-order chi connectivity index (χ1) is 6.61. The van der Waals surface area contributed by atoms with Gasteiger partial charge in [0.2, 0.25) is 5.91 Å². The van der Waals surface area contributed by atoms with Crippen molar-refractivity contribution in [1.82, 2.24) is 10.2 Å². The lowest BCUT2D eigenvalue weighted by Crippen LogP contribution is -2.41. The number of amides is 3. The quantitative estimate of drug-likeness (QED) is 0.517. The lowest BCUT2D eigenvalue weighted by Gasteiger charge is -2.13. The summed E-state index contributed by atoms with van der Waals surface area (Å²) in [7, 11) is 0. The van der Waals surface area contributed by atoms with E-state index in [1.54, 1.807) is 0 Å². The van der Waals surface area contributed by atoms with E-state index < -0.39 is 11.9 Å². The van der Waals surface area contributed by atoms with Gasteiger partial charge in [-0.15, -0.1) is 0 Å². The van der Waals surface area contributed by atoms with Crippen LogP contribution < -0.4 is 11.1 Å². The lowest BCUT2D eigenvalue weighted by atomic mass is 10.1. The van der Waals surface area contributed by atoms with E-state index in [-0.39, 0.29) is 19.1 Å². The van der Waals surface area contributed by atoms with Gasteiger partial charge in [-0.05, 0) is 18.9 Å². The molecule has 6 nitrogen and oxygen atoms in total. The van der Waals surface area contributed by atoms with Gasteiger partial charge in [-0.3, -0.25) is 15.0 Å². The number of hydrogen-bond donors (Lipinski definition) is 3. The number of aliphatic hydroxyl groups is 1. The van der Waals surface area contributed by atoms with Gasteiger partial charge in [0.25, 0.3) is 0 Å². The highest BCUT2D eigenvalue weighted by molar-refractivity contribution is 5.94. The average Bonchev–Trinajstić information content (AvgIpc) is 2.50. The number of carbonyl (C=O) groups is 2. The number of urea groups is 1. The second-order valence-corrected chi connectivity index (χ2v) is 3.48. The molecule has 0 aromatic heterocycles. The highest BCUT2D eigenvalue weighted by Crippen LogP contribution is 2.14. The molecule has 1 aliphatic heterocycles. The van der Waals surface area contributed by atoms with Gasteiger partial charge in [0.15, 0.2) is 0 Å². The summed E-state index contributed by atoms with van der Waals surface area (Å²) in [6.07, 6.45) is 0.889. The van der Waals surface area contributed by atoms with Gasteiger partial charge in [0.1, 0.15) is 0 Å². The molecule has 80 valence electrons. The number of nitrogens with one attached hydrogen (secondary N) is 1. The number of rotatable bonds is 3. The summed E-state index contributed by atoms with van der Waals surface area (Å²) in [4.78, 5) is 23.3. The first kappa shape index (κ1) is 10.9. The van der Waals surface area contributed by atoms with Crippen molar-refractivity contribution in [3.8, 4) is 0 Å². The maximum absolute atomic E-state index is 11.1. The molecule has 3 amide bonds. The molecule has 1 saturated heterocycles. The molecular weight excluding hydrogens is 186 g/mol. The Balaban J connectivity index is 2.25. The van der Waals surface area contributed by atoms with Crippen LogP contribution in [0.2, 0.25) is 0 Å².